The molecule has 0 aromatic carbocycles. The van der Waals surface area contributed by atoms with Crippen LogP contribution < -0.4 is 0 Å². The van der Waals surface area contributed by atoms with Crippen molar-refractivity contribution in [1.82, 2.24) is 0 Å². The van der Waals surface area contributed by atoms with Gasteiger partial charge in [-0.2, -0.15) is 0 Å². The van der Waals surface area contributed by atoms with Gasteiger partial charge in [0.1, 0.15) is 0 Å². The fraction of sp³-hybridized carbons (Fsp3) is 0.917. The smallest absolute Gasteiger partial charge is 0.310 e. The van der Waals surface area contributed by atoms with E-state index in [4.69, 9.17) is 4.74 Å². The first-order chi connectivity index (χ1) is 6.17. The Bertz CT molecular complexity index is 225. The van der Waals surface area contributed by atoms with Gasteiger partial charge in [0, 0.05) is 0 Å². The monoisotopic (exact) mass is 198 g/mol. The molecule has 0 aromatic rings. The van der Waals surface area contributed by atoms with Gasteiger partial charge in [-0.1, -0.05) is 27.7 Å². The summed E-state index contributed by atoms with van der Waals surface area (Å²) in [5.74, 6) is 0.0265. The molecule has 2 heteroatoms. The van der Waals surface area contributed by atoms with Gasteiger partial charge >= 0.3 is 5.97 Å². The van der Waals surface area contributed by atoms with Crippen LogP contribution in [0.2, 0.25) is 0 Å². The second-order valence-electron chi connectivity index (χ2n) is 6.07. The third kappa shape index (κ3) is 1.94. The maximum Gasteiger partial charge on any atom is 0.310 e. The molecule has 1 aliphatic carbocycles. The highest BCUT2D eigenvalue weighted by molar-refractivity contribution is 5.76. The Balaban J connectivity index is 2.70. The predicted octanol–water partition coefficient (Wildman–Crippen LogP) is 3.01. The Labute approximate surface area is 87.0 Å². The van der Waals surface area contributed by atoms with Gasteiger partial charge in [0.2, 0.25) is 0 Å². The molecule has 1 fully saturated rings. The lowest BCUT2D eigenvalue weighted by molar-refractivity contribution is -0.180. The van der Waals surface area contributed by atoms with Gasteiger partial charge in [-0.15, -0.1) is 0 Å². The molecule has 1 rings (SSSR count). The molecular formula is C12H22O2. The lowest BCUT2D eigenvalue weighted by atomic mass is 9.48. The number of esters is 1. The van der Waals surface area contributed by atoms with E-state index >= 15 is 0 Å². The highest BCUT2D eigenvalue weighted by Crippen LogP contribution is 2.59. The lowest BCUT2D eigenvalue weighted by Crippen LogP contribution is -2.54. The Kier molecular flexibility index (Phi) is 2.68. The van der Waals surface area contributed by atoms with Crippen molar-refractivity contribution in [2.24, 2.45) is 16.7 Å². The van der Waals surface area contributed by atoms with E-state index in [-0.39, 0.29) is 28.8 Å². The van der Waals surface area contributed by atoms with E-state index in [1.54, 1.807) is 0 Å². The van der Waals surface area contributed by atoms with Gasteiger partial charge in [0.15, 0.2) is 0 Å². The second kappa shape index (κ2) is 3.25. The molecule has 0 saturated heterocycles. The molecule has 14 heavy (non-hydrogen) atoms. The van der Waals surface area contributed by atoms with Crippen LogP contribution in [0.25, 0.3) is 0 Å². The Morgan fingerprint density at radius 1 is 1.21 bits per heavy atom. The topological polar surface area (TPSA) is 26.3 Å². The molecule has 0 heterocycles. The van der Waals surface area contributed by atoms with Crippen molar-refractivity contribution in [3.05, 3.63) is 0 Å². The van der Waals surface area contributed by atoms with Crippen molar-refractivity contribution < 1.29 is 9.53 Å². The molecule has 0 N–H and O–H groups in total. The predicted molar refractivity (Wildman–Crippen MR) is 56.9 cm³/mol. The lowest BCUT2D eigenvalue weighted by Gasteiger charge is -2.56. The summed E-state index contributed by atoms with van der Waals surface area (Å²) in [5, 5.41) is 0. The van der Waals surface area contributed by atoms with Crippen molar-refractivity contribution in [3.63, 3.8) is 0 Å². The van der Waals surface area contributed by atoms with Crippen LogP contribution in [-0.2, 0) is 9.53 Å². The zero-order chi connectivity index (χ0) is 11.1. The molecule has 1 aliphatic rings. The maximum atomic E-state index is 11.8. The van der Waals surface area contributed by atoms with Gasteiger partial charge < -0.3 is 4.74 Å². The Morgan fingerprint density at radius 2 is 1.64 bits per heavy atom. The Hall–Kier alpha value is -0.530. The average Bonchev–Trinajstić information content (AvgIpc) is 1.76. The minimum Gasteiger partial charge on any atom is -0.463 e. The highest BCUT2D eigenvalue weighted by atomic mass is 16.5. The first kappa shape index (κ1) is 11.5. The number of carbonyl (C=O) groups excluding carboxylic acids is 1. The third-order valence-corrected chi connectivity index (χ3v) is 3.06. The Morgan fingerprint density at radius 3 is 1.93 bits per heavy atom. The van der Waals surface area contributed by atoms with E-state index in [2.05, 4.69) is 27.7 Å². The molecule has 0 aliphatic heterocycles. The van der Waals surface area contributed by atoms with E-state index in [1.165, 1.54) is 0 Å². The summed E-state index contributed by atoms with van der Waals surface area (Å²) >= 11 is 0. The van der Waals surface area contributed by atoms with E-state index in [0.717, 1.165) is 6.42 Å². The molecule has 82 valence electrons. The summed E-state index contributed by atoms with van der Waals surface area (Å²) in [4.78, 5) is 11.8. The van der Waals surface area contributed by atoms with Crippen LogP contribution in [0.1, 0.15) is 48.0 Å². The van der Waals surface area contributed by atoms with Gasteiger partial charge in [-0.3, -0.25) is 4.79 Å². The van der Waals surface area contributed by atoms with Gasteiger partial charge in [-0.25, -0.2) is 0 Å². The fourth-order valence-corrected chi connectivity index (χ4v) is 3.24. The summed E-state index contributed by atoms with van der Waals surface area (Å²) in [6, 6.07) is 0. The largest absolute Gasteiger partial charge is 0.463 e. The van der Waals surface area contributed by atoms with Gasteiger partial charge in [0.05, 0.1) is 12.0 Å². The highest BCUT2D eigenvalue weighted by Gasteiger charge is 2.57. The van der Waals surface area contributed by atoms with Crippen LogP contribution >= 0.6 is 0 Å². The normalized spacial score (nSPS) is 24.5. The third-order valence-electron chi connectivity index (χ3n) is 3.06. The van der Waals surface area contributed by atoms with Crippen molar-refractivity contribution >= 4 is 5.97 Å². The van der Waals surface area contributed by atoms with Crippen LogP contribution in [0.15, 0.2) is 0 Å². The van der Waals surface area contributed by atoms with E-state index in [0.29, 0.717) is 0 Å². The molecule has 0 atom stereocenters. The molecule has 0 unspecified atom stereocenters. The number of rotatable bonds is 2. The SMILES string of the molecule is CC(C)OC(=O)C1C(C)(C)CC1(C)C. The van der Waals surface area contributed by atoms with Crippen LogP contribution in [0.5, 0.6) is 0 Å². The number of ether oxygens (including phenoxy) is 1. The summed E-state index contributed by atoms with van der Waals surface area (Å²) in [7, 11) is 0. The van der Waals surface area contributed by atoms with Gasteiger partial charge in [0.25, 0.3) is 0 Å². The van der Waals surface area contributed by atoms with Crippen molar-refractivity contribution in [3.8, 4) is 0 Å². The van der Waals surface area contributed by atoms with Crippen LogP contribution in [0.4, 0.5) is 0 Å². The van der Waals surface area contributed by atoms with Crippen LogP contribution in [0, 0.1) is 16.7 Å². The maximum absolute atomic E-state index is 11.8. The first-order valence-electron chi connectivity index (χ1n) is 5.37. The standard InChI is InChI=1S/C12H22O2/c1-8(2)14-10(13)9-11(3,4)7-12(9,5)6/h8-9H,7H2,1-6H3. The number of hydrogen-bond acceptors (Lipinski definition) is 2. The van der Waals surface area contributed by atoms with Gasteiger partial charge in [-0.05, 0) is 31.1 Å². The summed E-state index contributed by atoms with van der Waals surface area (Å²) in [5.41, 5.74) is 0.213. The van der Waals surface area contributed by atoms with E-state index in [9.17, 15) is 4.79 Å². The fourth-order valence-electron chi connectivity index (χ4n) is 3.24. The summed E-state index contributed by atoms with van der Waals surface area (Å²) < 4.78 is 5.29. The average molecular weight is 198 g/mol. The van der Waals surface area contributed by atoms with Crippen molar-refractivity contribution in [1.29, 1.82) is 0 Å². The molecule has 0 aromatic heterocycles. The number of hydrogen-bond donors (Lipinski definition) is 0. The summed E-state index contributed by atoms with van der Waals surface area (Å²) in [6.45, 7) is 12.4. The molecule has 0 amide bonds. The quantitative estimate of drug-likeness (QED) is 0.637. The minimum atomic E-state index is -0.0266. The van der Waals surface area contributed by atoms with Crippen molar-refractivity contribution in [2.75, 3.05) is 0 Å². The zero-order valence-corrected chi connectivity index (χ0v) is 10.2. The number of carbonyl (C=O) groups is 1. The first-order valence-corrected chi connectivity index (χ1v) is 5.37. The molecule has 2 nitrogen and oxygen atoms in total. The molecule has 1 saturated carbocycles. The summed E-state index contributed by atoms with van der Waals surface area (Å²) in [6.07, 6.45) is 1.09. The van der Waals surface area contributed by atoms with Crippen molar-refractivity contribution in [2.45, 2.75) is 54.1 Å². The zero-order valence-electron chi connectivity index (χ0n) is 10.2. The molecule has 0 radical (unpaired) electrons. The molecule has 0 bridgehead atoms. The van der Waals surface area contributed by atoms with E-state index < -0.39 is 0 Å². The van der Waals surface area contributed by atoms with E-state index in [1.807, 2.05) is 13.8 Å². The van der Waals surface area contributed by atoms with Crippen LogP contribution in [-0.4, -0.2) is 12.1 Å². The minimum absolute atomic E-state index is 0.00491. The molecule has 0 spiro atoms. The van der Waals surface area contributed by atoms with Crippen LogP contribution in [0.3, 0.4) is 0 Å². The second-order valence-corrected chi connectivity index (χ2v) is 6.07. The molecular weight excluding hydrogens is 176 g/mol.